The largest absolute Gasteiger partial charge is 0.508 e. The Morgan fingerprint density at radius 1 is 0.865 bits per heavy atom. The number of carbonyl (C=O) groups excluding carboxylic acids is 2. The minimum Gasteiger partial charge on any atom is -0.508 e. The van der Waals surface area contributed by atoms with Gasteiger partial charge in [-0.1, -0.05) is 104 Å². The summed E-state index contributed by atoms with van der Waals surface area (Å²) in [6, 6.07) is 5.81. The fourth-order valence-corrected chi connectivity index (χ4v) is 5.13. The van der Waals surface area contributed by atoms with Crippen LogP contribution in [0.1, 0.15) is 117 Å². The van der Waals surface area contributed by atoms with Crippen molar-refractivity contribution >= 4 is 23.7 Å². The molecular formula is C30H52N2O4S. The highest BCUT2D eigenvalue weighted by molar-refractivity contribution is 7.99. The van der Waals surface area contributed by atoms with Crippen molar-refractivity contribution in [3.63, 3.8) is 0 Å². The fraction of sp³-hybridized carbons (Fsp3) is 0.733. The van der Waals surface area contributed by atoms with Gasteiger partial charge >= 0.3 is 6.03 Å². The lowest BCUT2D eigenvalue weighted by molar-refractivity contribution is -0.120. The van der Waals surface area contributed by atoms with Crippen molar-refractivity contribution in [2.24, 2.45) is 0 Å². The topological polar surface area (TPSA) is 87.7 Å². The Kier molecular flexibility index (Phi) is 20.8. The van der Waals surface area contributed by atoms with E-state index in [1.54, 1.807) is 12.1 Å². The first-order valence-electron chi connectivity index (χ1n) is 14.6. The van der Waals surface area contributed by atoms with Crippen molar-refractivity contribution in [3.05, 3.63) is 24.3 Å². The van der Waals surface area contributed by atoms with E-state index in [2.05, 4.69) is 24.5 Å². The van der Waals surface area contributed by atoms with E-state index in [0.717, 1.165) is 5.75 Å². The van der Waals surface area contributed by atoms with E-state index in [0.29, 0.717) is 17.5 Å². The molecule has 0 saturated carbocycles. The normalized spacial score (nSPS) is 11.7. The third-order valence-electron chi connectivity index (χ3n) is 6.44. The zero-order chi connectivity index (χ0) is 27.0. The van der Waals surface area contributed by atoms with E-state index in [9.17, 15) is 14.7 Å². The van der Waals surface area contributed by atoms with Gasteiger partial charge in [0.15, 0.2) is 0 Å². The molecule has 1 rings (SSSR count). The van der Waals surface area contributed by atoms with Crippen LogP contribution in [-0.4, -0.2) is 41.2 Å². The van der Waals surface area contributed by atoms with Crippen LogP contribution in [0.3, 0.4) is 0 Å². The molecule has 6 nitrogen and oxygen atoms in total. The maximum absolute atomic E-state index is 11.9. The van der Waals surface area contributed by atoms with Crippen molar-refractivity contribution in [1.29, 1.82) is 0 Å². The summed E-state index contributed by atoms with van der Waals surface area (Å²) in [5.74, 6) is 1.18. The molecule has 0 aliphatic rings. The molecule has 37 heavy (non-hydrogen) atoms. The first-order chi connectivity index (χ1) is 18.0. The number of aromatic hydroxyl groups is 1. The molecule has 212 valence electrons. The number of phenols is 1. The number of amides is 3. The molecule has 3 amide bonds. The summed E-state index contributed by atoms with van der Waals surface area (Å²) in [5, 5.41) is 14.9. The molecule has 1 unspecified atom stereocenters. The number of ether oxygens (including phenoxy) is 1. The number of thioether (sulfide) groups is 1. The second kappa shape index (κ2) is 23.2. The highest BCUT2D eigenvalue weighted by Crippen LogP contribution is 2.19. The predicted molar refractivity (Wildman–Crippen MR) is 157 cm³/mol. The van der Waals surface area contributed by atoms with Gasteiger partial charge in [-0.05, 0) is 30.7 Å². The van der Waals surface area contributed by atoms with Crippen LogP contribution in [0.15, 0.2) is 24.3 Å². The number of hydrogen-bond donors (Lipinski definition) is 3. The Morgan fingerprint density at radius 3 is 1.97 bits per heavy atom. The van der Waals surface area contributed by atoms with Gasteiger partial charge in [-0.15, -0.1) is 0 Å². The second-order valence-corrected chi connectivity index (χ2v) is 11.5. The smallest absolute Gasteiger partial charge is 0.321 e. The zero-order valence-corrected chi connectivity index (χ0v) is 24.2. The van der Waals surface area contributed by atoms with Gasteiger partial charge in [0, 0.05) is 17.5 Å². The fourth-order valence-electron chi connectivity index (χ4n) is 4.17. The number of imide groups is 1. The maximum atomic E-state index is 11.9. The van der Waals surface area contributed by atoms with Crippen molar-refractivity contribution < 1.29 is 19.4 Å². The van der Waals surface area contributed by atoms with E-state index in [4.69, 9.17) is 4.74 Å². The van der Waals surface area contributed by atoms with Gasteiger partial charge in [-0.25, -0.2) is 4.79 Å². The van der Waals surface area contributed by atoms with Crippen LogP contribution in [-0.2, 0) is 4.79 Å². The lowest BCUT2D eigenvalue weighted by atomic mass is 10.0. The monoisotopic (exact) mass is 536 g/mol. The van der Waals surface area contributed by atoms with Crippen molar-refractivity contribution in [2.45, 2.75) is 122 Å². The minimum atomic E-state index is -0.463. The van der Waals surface area contributed by atoms with Crippen LogP contribution in [0.4, 0.5) is 4.79 Å². The Bertz CT molecular complexity index is 699. The second-order valence-electron chi connectivity index (χ2n) is 9.96. The number of benzene rings is 1. The average Bonchev–Trinajstić information content (AvgIpc) is 2.88. The summed E-state index contributed by atoms with van der Waals surface area (Å²) < 4.78 is 5.42. The van der Waals surface area contributed by atoms with E-state index < -0.39 is 6.03 Å². The van der Waals surface area contributed by atoms with Gasteiger partial charge in [-0.2, -0.15) is 11.8 Å². The van der Waals surface area contributed by atoms with E-state index in [1.807, 2.05) is 11.8 Å². The summed E-state index contributed by atoms with van der Waals surface area (Å²) in [4.78, 5) is 23.7. The quantitative estimate of drug-likeness (QED) is 0.123. The van der Waals surface area contributed by atoms with Gasteiger partial charge in [0.2, 0.25) is 5.91 Å². The van der Waals surface area contributed by atoms with E-state index >= 15 is 0 Å². The van der Waals surface area contributed by atoms with Crippen molar-refractivity contribution in [3.8, 4) is 11.5 Å². The molecule has 0 aliphatic heterocycles. The summed E-state index contributed by atoms with van der Waals surface area (Å²) >= 11 is 1.87. The van der Waals surface area contributed by atoms with Crippen LogP contribution >= 0.6 is 11.8 Å². The third-order valence-corrected chi connectivity index (χ3v) is 7.69. The molecule has 0 bridgehead atoms. The molecule has 3 N–H and O–H groups in total. The molecule has 0 aliphatic carbocycles. The summed E-state index contributed by atoms with van der Waals surface area (Å²) in [6.07, 6.45) is 20.7. The van der Waals surface area contributed by atoms with Gasteiger partial charge in [0.05, 0.1) is 13.0 Å². The number of nitrogens with one attached hydrogen (secondary N) is 2. The number of urea groups is 1. The summed E-state index contributed by atoms with van der Waals surface area (Å²) in [5.41, 5.74) is 0. The molecule has 0 heterocycles. The third kappa shape index (κ3) is 20.8. The molecule has 1 aromatic rings. The number of rotatable bonds is 23. The van der Waals surface area contributed by atoms with Crippen molar-refractivity contribution in [1.82, 2.24) is 10.6 Å². The number of hydrogen-bond acceptors (Lipinski definition) is 5. The van der Waals surface area contributed by atoms with Gasteiger partial charge < -0.3 is 15.2 Å². The molecule has 1 aromatic carbocycles. The number of unbranched alkanes of at least 4 members (excludes halogenated alkanes) is 13. The van der Waals surface area contributed by atoms with Gasteiger partial charge in [0.25, 0.3) is 0 Å². The summed E-state index contributed by atoms with van der Waals surface area (Å²) in [6.45, 7) is 5.23. The van der Waals surface area contributed by atoms with E-state index in [1.165, 1.54) is 108 Å². The highest BCUT2D eigenvalue weighted by Gasteiger charge is 2.08. The molecule has 0 radical (unpaired) electrons. The first kappa shape index (κ1) is 33.1. The lowest BCUT2D eigenvalue weighted by Crippen LogP contribution is -2.40. The van der Waals surface area contributed by atoms with Crippen LogP contribution in [0.2, 0.25) is 0 Å². The molecular weight excluding hydrogens is 484 g/mol. The predicted octanol–water partition coefficient (Wildman–Crippen LogP) is 7.98. The van der Waals surface area contributed by atoms with Gasteiger partial charge in [0.1, 0.15) is 11.5 Å². The minimum absolute atomic E-state index is 0.0826. The zero-order valence-electron chi connectivity index (χ0n) is 23.4. The SMILES string of the molecule is CCCCCCCCCCCCCCCCC(C)SCCNC(=O)NC(=O)CCOc1ccc(O)cc1. The Labute approximate surface area is 230 Å². The molecule has 1 atom stereocenters. The van der Waals surface area contributed by atoms with Crippen LogP contribution in [0.5, 0.6) is 11.5 Å². The van der Waals surface area contributed by atoms with Gasteiger partial charge in [-0.3, -0.25) is 10.1 Å². The number of carbonyl (C=O) groups is 2. The molecule has 0 spiro atoms. The molecule has 0 saturated heterocycles. The average molecular weight is 537 g/mol. The van der Waals surface area contributed by atoms with Crippen LogP contribution < -0.4 is 15.4 Å². The van der Waals surface area contributed by atoms with Crippen LogP contribution in [0.25, 0.3) is 0 Å². The summed E-state index contributed by atoms with van der Waals surface area (Å²) in [7, 11) is 0. The Morgan fingerprint density at radius 2 is 1.41 bits per heavy atom. The van der Waals surface area contributed by atoms with Crippen molar-refractivity contribution in [2.75, 3.05) is 18.9 Å². The van der Waals surface area contributed by atoms with E-state index in [-0.39, 0.29) is 24.7 Å². The maximum Gasteiger partial charge on any atom is 0.321 e. The Balaban J connectivity index is 1.86. The highest BCUT2D eigenvalue weighted by atomic mass is 32.2. The number of phenolic OH excluding ortho intramolecular Hbond substituents is 1. The lowest BCUT2D eigenvalue weighted by Gasteiger charge is -2.12. The standard InChI is InChI=1S/C30H52N2O4S/c1-3-4-5-6-7-8-9-10-11-12-13-14-15-16-17-26(2)37-25-23-31-30(35)32-29(34)22-24-36-28-20-18-27(33)19-21-28/h18-21,26,33H,3-17,22-25H2,1-2H3,(H2,31,32,34,35). The van der Waals surface area contributed by atoms with Crippen LogP contribution in [0, 0.1) is 0 Å². The molecule has 0 aromatic heterocycles. The molecule has 0 fully saturated rings. The Hall–Kier alpha value is -1.89. The first-order valence-corrected chi connectivity index (χ1v) is 15.7. The molecule has 7 heteroatoms.